The van der Waals surface area contributed by atoms with Crippen LogP contribution in [0.15, 0.2) is 47.3 Å². The third-order valence-electron chi connectivity index (χ3n) is 2.74. The van der Waals surface area contributed by atoms with Gasteiger partial charge in [-0.3, -0.25) is 4.79 Å². The van der Waals surface area contributed by atoms with Gasteiger partial charge in [0.15, 0.2) is 0 Å². The number of hydrogen-bond acceptors (Lipinski definition) is 3. The fourth-order valence-electron chi connectivity index (χ4n) is 1.73. The van der Waals surface area contributed by atoms with E-state index in [-0.39, 0.29) is 12.0 Å². The Morgan fingerprint density at radius 3 is 2.95 bits per heavy atom. The predicted octanol–water partition coefficient (Wildman–Crippen LogP) is 3.05. The molecule has 1 atom stereocenters. The molecule has 0 aliphatic rings. The van der Waals surface area contributed by atoms with Crippen LogP contribution < -0.4 is 5.32 Å². The van der Waals surface area contributed by atoms with E-state index in [2.05, 4.69) is 5.32 Å². The van der Waals surface area contributed by atoms with E-state index in [0.717, 1.165) is 5.56 Å². The molecule has 0 spiro atoms. The van der Waals surface area contributed by atoms with Crippen molar-refractivity contribution in [1.82, 2.24) is 5.32 Å². The van der Waals surface area contributed by atoms with Crippen molar-refractivity contribution in [2.45, 2.75) is 6.10 Å². The molecule has 0 aliphatic carbocycles. The van der Waals surface area contributed by atoms with Gasteiger partial charge in [-0.2, -0.15) is 0 Å². The van der Waals surface area contributed by atoms with Crippen molar-refractivity contribution >= 4 is 17.5 Å². The van der Waals surface area contributed by atoms with E-state index >= 15 is 0 Å². The molecule has 1 amide bonds. The zero-order valence-electron chi connectivity index (χ0n) is 10.4. The minimum atomic E-state index is -0.241. The zero-order valence-corrected chi connectivity index (χ0v) is 11.2. The SMILES string of the molecule is CO[C@@H](CNC(=O)c1ccoc1)c1cccc(Cl)c1. The summed E-state index contributed by atoms with van der Waals surface area (Å²) in [4.78, 5) is 11.8. The van der Waals surface area contributed by atoms with Crippen LogP contribution in [0.5, 0.6) is 0 Å². The van der Waals surface area contributed by atoms with Gasteiger partial charge in [-0.25, -0.2) is 0 Å². The highest BCUT2D eigenvalue weighted by atomic mass is 35.5. The first-order chi connectivity index (χ1) is 9.20. The molecule has 5 heteroatoms. The van der Waals surface area contributed by atoms with Gasteiger partial charge < -0.3 is 14.5 Å². The monoisotopic (exact) mass is 279 g/mol. The second-order valence-corrected chi connectivity index (χ2v) is 4.44. The van der Waals surface area contributed by atoms with E-state index in [0.29, 0.717) is 17.1 Å². The van der Waals surface area contributed by atoms with Crippen LogP contribution in [0.25, 0.3) is 0 Å². The molecule has 1 N–H and O–H groups in total. The highest BCUT2D eigenvalue weighted by Crippen LogP contribution is 2.19. The van der Waals surface area contributed by atoms with Gasteiger partial charge in [-0.05, 0) is 23.8 Å². The minimum Gasteiger partial charge on any atom is -0.472 e. The fourth-order valence-corrected chi connectivity index (χ4v) is 1.92. The van der Waals surface area contributed by atoms with Crippen LogP contribution in [-0.2, 0) is 4.74 Å². The Morgan fingerprint density at radius 2 is 2.32 bits per heavy atom. The summed E-state index contributed by atoms with van der Waals surface area (Å²) in [6.07, 6.45) is 2.62. The second-order valence-electron chi connectivity index (χ2n) is 4.00. The van der Waals surface area contributed by atoms with Crippen molar-refractivity contribution < 1.29 is 13.9 Å². The number of furan rings is 1. The van der Waals surface area contributed by atoms with E-state index < -0.39 is 0 Å². The summed E-state index contributed by atoms with van der Waals surface area (Å²) < 4.78 is 10.2. The molecule has 2 rings (SSSR count). The summed E-state index contributed by atoms with van der Waals surface area (Å²) in [5, 5.41) is 3.43. The van der Waals surface area contributed by atoms with Crippen LogP contribution in [-0.4, -0.2) is 19.6 Å². The summed E-state index contributed by atoms with van der Waals surface area (Å²) in [7, 11) is 1.59. The van der Waals surface area contributed by atoms with E-state index in [1.54, 1.807) is 19.2 Å². The van der Waals surface area contributed by atoms with Gasteiger partial charge in [-0.1, -0.05) is 23.7 Å². The van der Waals surface area contributed by atoms with Crippen molar-refractivity contribution in [3.8, 4) is 0 Å². The lowest BCUT2D eigenvalue weighted by molar-refractivity contribution is 0.0827. The summed E-state index contributed by atoms with van der Waals surface area (Å²) in [5.74, 6) is -0.196. The lowest BCUT2D eigenvalue weighted by atomic mass is 10.1. The van der Waals surface area contributed by atoms with Crippen molar-refractivity contribution in [3.63, 3.8) is 0 Å². The molecule has 0 bridgehead atoms. The van der Waals surface area contributed by atoms with Crippen molar-refractivity contribution in [3.05, 3.63) is 59.0 Å². The van der Waals surface area contributed by atoms with Gasteiger partial charge in [0.1, 0.15) is 6.26 Å². The maximum absolute atomic E-state index is 11.8. The molecule has 100 valence electrons. The quantitative estimate of drug-likeness (QED) is 0.915. The Hall–Kier alpha value is -1.78. The molecular formula is C14H14ClNO3. The number of hydrogen-bond donors (Lipinski definition) is 1. The van der Waals surface area contributed by atoms with Gasteiger partial charge in [-0.15, -0.1) is 0 Å². The summed E-state index contributed by atoms with van der Waals surface area (Å²) >= 11 is 5.93. The predicted molar refractivity (Wildman–Crippen MR) is 72.2 cm³/mol. The summed E-state index contributed by atoms with van der Waals surface area (Å²) in [6, 6.07) is 8.98. The van der Waals surface area contributed by atoms with Gasteiger partial charge in [0.2, 0.25) is 0 Å². The number of halogens is 1. The first kappa shape index (κ1) is 13.6. The Labute approximate surface area is 116 Å². The van der Waals surface area contributed by atoms with E-state index in [1.165, 1.54) is 12.5 Å². The van der Waals surface area contributed by atoms with Crippen LogP contribution >= 0.6 is 11.6 Å². The Bertz CT molecular complexity index is 539. The highest BCUT2D eigenvalue weighted by molar-refractivity contribution is 6.30. The molecule has 0 unspecified atom stereocenters. The van der Waals surface area contributed by atoms with Gasteiger partial charge in [0.25, 0.3) is 5.91 Å². The van der Waals surface area contributed by atoms with Crippen molar-refractivity contribution in [2.24, 2.45) is 0 Å². The maximum atomic E-state index is 11.8. The second kappa shape index (κ2) is 6.41. The van der Waals surface area contributed by atoms with E-state index in [9.17, 15) is 4.79 Å². The number of methoxy groups -OCH3 is 1. The van der Waals surface area contributed by atoms with Crippen LogP contribution in [0.4, 0.5) is 0 Å². The van der Waals surface area contributed by atoms with Gasteiger partial charge in [0, 0.05) is 18.7 Å². The average Bonchev–Trinajstić information content (AvgIpc) is 2.93. The molecule has 1 heterocycles. The normalized spacial score (nSPS) is 12.1. The fraction of sp³-hybridized carbons (Fsp3) is 0.214. The van der Waals surface area contributed by atoms with Crippen LogP contribution in [0.3, 0.4) is 0 Å². The molecule has 2 aromatic rings. The lowest BCUT2D eigenvalue weighted by Crippen LogP contribution is -2.28. The van der Waals surface area contributed by atoms with Crippen LogP contribution in [0.1, 0.15) is 22.0 Å². The van der Waals surface area contributed by atoms with Crippen LogP contribution in [0, 0.1) is 0 Å². The summed E-state index contributed by atoms with van der Waals surface area (Å²) in [6.45, 7) is 0.362. The molecule has 0 saturated heterocycles. The topological polar surface area (TPSA) is 51.5 Å². The third kappa shape index (κ3) is 3.59. The Balaban J connectivity index is 1.98. The molecule has 1 aromatic heterocycles. The smallest absolute Gasteiger partial charge is 0.254 e. The molecule has 0 radical (unpaired) electrons. The molecular weight excluding hydrogens is 266 g/mol. The molecule has 19 heavy (non-hydrogen) atoms. The number of carbonyl (C=O) groups excluding carboxylic acids is 1. The number of amides is 1. The third-order valence-corrected chi connectivity index (χ3v) is 2.97. The van der Waals surface area contributed by atoms with E-state index in [4.69, 9.17) is 20.8 Å². The standard InChI is InChI=1S/C14H14ClNO3/c1-18-13(10-3-2-4-12(15)7-10)8-16-14(17)11-5-6-19-9-11/h2-7,9,13H,8H2,1H3,(H,16,17)/t13-/m0/s1. The van der Waals surface area contributed by atoms with Crippen LogP contribution in [0.2, 0.25) is 5.02 Å². The van der Waals surface area contributed by atoms with Crippen molar-refractivity contribution in [2.75, 3.05) is 13.7 Å². The number of nitrogens with one attached hydrogen (secondary N) is 1. The van der Waals surface area contributed by atoms with E-state index in [1.807, 2.05) is 18.2 Å². The Kier molecular flexibility index (Phi) is 4.60. The zero-order chi connectivity index (χ0) is 13.7. The maximum Gasteiger partial charge on any atom is 0.254 e. The average molecular weight is 280 g/mol. The summed E-state index contributed by atoms with van der Waals surface area (Å²) in [5.41, 5.74) is 1.41. The highest BCUT2D eigenvalue weighted by Gasteiger charge is 2.13. The number of carbonyl (C=O) groups is 1. The number of ether oxygens (including phenoxy) is 1. The number of benzene rings is 1. The first-order valence-electron chi connectivity index (χ1n) is 5.79. The molecule has 0 aliphatic heterocycles. The minimum absolute atomic E-state index is 0.196. The molecule has 0 saturated carbocycles. The Morgan fingerprint density at radius 1 is 1.47 bits per heavy atom. The van der Waals surface area contributed by atoms with Gasteiger partial charge in [0.05, 0.1) is 17.9 Å². The largest absolute Gasteiger partial charge is 0.472 e. The number of rotatable bonds is 5. The van der Waals surface area contributed by atoms with Gasteiger partial charge >= 0.3 is 0 Å². The lowest BCUT2D eigenvalue weighted by Gasteiger charge is -2.16. The molecule has 4 nitrogen and oxygen atoms in total. The molecule has 0 fully saturated rings. The molecule has 1 aromatic carbocycles. The first-order valence-corrected chi connectivity index (χ1v) is 6.17. The van der Waals surface area contributed by atoms with Crippen molar-refractivity contribution in [1.29, 1.82) is 0 Å².